The number of aromatic hydroxyl groups is 1. The number of carbonyl (C=O) groups excluding carboxylic acids is 1. The zero-order valence-electron chi connectivity index (χ0n) is 12.8. The van der Waals surface area contributed by atoms with Gasteiger partial charge in [0.2, 0.25) is 0 Å². The molecule has 0 aliphatic carbocycles. The van der Waals surface area contributed by atoms with E-state index in [2.05, 4.69) is 16.4 Å². The highest BCUT2D eigenvalue weighted by Crippen LogP contribution is 2.29. The van der Waals surface area contributed by atoms with Crippen molar-refractivity contribution in [3.63, 3.8) is 0 Å². The third kappa shape index (κ3) is 3.63. The van der Waals surface area contributed by atoms with Gasteiger partial charge in [-0.25, -0.2) is 4.99 Å². The van der Waals surface area contributed by atoms with E-state index in [-0.39, 0.29) is 11.7 Å². The molecule has 1 amide bonds. The number of nitrogens with zero attached hydrogens (tertiary/aromatic N) is 1. The monoisotopic (exact) mass is 324 g/mol. The van der Waals surface area contributed by atoms with Crippen molar-refractivity contribution in [3.8, 4) is 5.75 Å². The Morgan fingerprint density at radius 3 is 2.57 bits per heavy atom. The summed E-state index contributed by atoms with van der Waals surface area (Å²) in [5, 5.41) is 12.7. The first-order valence-corrected chi connectivity index (χ1v) is 7.99. The fourth-order valence-electron chi connectivity index (χ4n) is 2.24. The number of thioether (sulfide) groups is 1. The van der Waals surface area contributed by atoms with Gasteiger partial charge in [0.05, 0.1) is 10.6 Å². The van der Waals surface area contributed by atoms with Gasteiger partial charge in [0.15, 0.2) is 5.17 Å². The van der Waals surface area contributed by atoms with E-state index in [0.717, 1.165) is 16.8 Å². The number of phenols is 1. The number of amidine groups is 1. The zero-order valence-corrected chi connectivity index (χ0v) is 13.6. The molecule has 5 heteroatoms. The highest BCUT2D eigenvalue weighted by molar-refractivity contribution is 8.18. The highest BCUT2D eigenvalue weighted by atomic mass is 32.2. The van der Waals surface area contributed by atoms with E-state index in [1.165, 1.54) is 17.3 Å². The van der Waals surface area contributed by atoms with Crippen LogP contribution in [0.5, 0.6) is 5.75 Å². The molecule has 2 aromatic rings. The second kappa shape index (κ2) is 6.30. The van der Waals surface area contributed by atoms with Crippen molar-refractivity contribution in [2.45, 2.75) is 13.8 Å². The van der Waals surface area contributed by atoms with Gasteiger partial charge in [0.1, 0.15) is 5.75 Å². The second-order valence-electron chi connectivity index (χ2n) is 5.36. The van der Waals surface area contributed by atoms with Gasteiger partial charge < -0.3 is 10.4 Å². The van der Waals surface area contributed by atoms with Gasteiger partial charge in [-0.3, -0.25) is 4.79 Å². The van der Waals surface area contributed by atoms with Crippen LogP contribution in [0.2, 0.25) is 0 Å². The van der Waals surface area contributed by atoms with E-state index in [1.54, 1.807) is 30.3 Å². The van der Waals surface area contributed by atoms with Gasteiger partial charge in [-0.2, -0.15) is 0 Å². The largest absolute Gasteiger partial charge is 0.508 e. The molecule has 2 N–H and O–H groups in total. The number of rotatable bonds is 2. The lowest BCUT2D eigenvalue weighted by Crippen LogP contribution is -2.19. The molecule has 23 heavy (non-hydrogen) atoms. The number of hydrogen-bond donors (Lipinski definition) is 2. The molecule has 1 fully saturated rings. The molecular weight excluding hydrogens is 308 g/mol. The van der Waals surface area contributed by atoms with Crippen molar-refractivity contribution in [1.82, 2.24) is 5.32 Å². The van der Waals surface area contributed by atoms with Crippen molar-refractivity contribution < 1.29 is 9.90 Å². The molecule has 0 radical (unpaired) electrons. The van der Waals surface area contributed by atoms with Gasteiger partial charge >= 0.3 is 0 Å². The predicted molar refractivity (Wildman–Crippen MR) is 94.8 cm³/mol. The second-order valence-corrected chi connectivity index (χ2v) is 6.39. The first-order valence-electron chi connectivity index (χ1n) is 7.17. The van der Waals surface area contributed by atoms with Crippen molar-refractivity contribution in [1.29, 1.82) is 0 Å². The fourth-order valence-corrected chi connectivity index (χ4v) is 3.08. The lowest BCUT2D eigenvalue weighted by molar-refractivity contribution is -0.115. The van der Waals surface area contributed by atoms with Crippen LogP contribution < -0.4 is 5.32 Å². The lowest BCUT2D eigenvalue weighted by Gasteiger charge is -2.02. The van der Waals surface area contributed by atoms with Gasteiger partial charge in [0, 0.05) is 0 Å². The molecule has 1 heterocycles. The Morgan fingerprint density at radius 1 is 1.13 bits per heavy atom. The molecule has 1 saturated heterocycles. The summed E-state index contributed by atoms with van der Waals surface area (Å²) in [6.07, 6.45) is 1.78. The molecule has 1 aliphatic heterocycles. The van der Waals surface area contributed by atoms with E-state index in [0.29, 0.717) is 10.1 Å². The average molecular weight is 324 g/mol. The summed E-state index contributed by atoms with van der Waals surface area (Å²) in [6, 6.07) is 12.7. The van der Waals surface area contributed by atoms with Gasteiger partial charge in [-0.1, -0.05) is 29.8 Å². The van der Waals surface area contributed by atoms with E-state index < -0.39 is 0 Å². The molecule has 116 valence electrons. The Balaban J connectivity index is 1.84. The first kappa shape index (κ1) is 15.4. The first-order chi connectivity index (χ1) is 11.0. The Kier molecular flexibility index (Phi) is 4.21. The van der Waals surface area contributed by atoms with Crippen LogP contribution in [0.1, 0.15) is 16.7 Å². The van der Waals surface area contributed by atoms with Crippen LogP contribution in [0.25, 0.3) is 6.08 Å². The number of aliphatic imine (C=N–C) groups is 1. The molecule has 0 atom stereocenters. The quantitative estimate of drug-likeness (QED) is 0.824. The number of benzene rings is 2. The Morgan fingerprint density at radius 2 is 1.87 bits per heavy atom. The third-order valence-corrected chi connectivity index (χ3v) is 4.33. The maximum Gasteiger partial charge on any atom is 0.264 e. The summed E-state index contributed by atoms with van der Waals surface area (Å²) in [7, 11) is 0. The van der Waals surface area contributed by atoms with Crippen LogP contribution in [0.3, 0.4) is 0 Å². The van der Waals surface area contributed by atoms with Crippen LogP contribution in [0, 0.1) is 13.8 Å². The normalized spacial score (nSPS) is 17.7. The zero-order chi connectivity index (χ0) is 16.4. The smallest absolute Gasteiger partial charge is 0.264 e. The minimum Gasteiger partial charge on any atom is -0.508 e. The number of amides is 1. The van der Waals surface area contributed by atoms with Crippen LogP contribution >= 0.6 is 11.8 Å². The van der Waals surface area contributed by atoms with Crippen LogP contribution in [-0.4, -0.2) is 16.2 Å². The third-order valence-electron chi connectivity index (χ3n) is 3.42. The highest BCUT2D eigenvalue weighted by Gasteiger charge is 2.23. The summed E-state index contributed by atoms with van der Waals surface area (Å²) >= 11 is 1.31. The maximum absolute atomic E-state index is 12.1. The van der Waals surface area contributed by atoms with E-state index in [9.17, 15) is 9.90 Å². The Bertz CT molecular complexity index is 823. The van der Waals surface area contributed by atoms with Crippen LogP contribution in [0.4, 0.5) is 5.69 Å². The standard InChI is InChI=1S/C18H16N2O2S/c1-11-3-8-15(12(2)9-11)19-18-20-17(22)16(23-18)10-13-4-6-14(21)7-5-13/h3-10,21H,1-2H3,(H,19,20,22)/b16-10+. The molecule has 0 bridgehead atoms. The number of hydrogen-bond acceptors (Lipinski definition) is 4. The lowest BCUT2D eigenvalue weighted by atomic mass is 10.1. The number of nitrogens with one attached hydrogen (secondary N) is 1. The summed E-state index contributed by atoms with van der Waals surface area (Å²) in [6.45, 7) is 4.04. The van der Waals surface area contributed by atoms with Gasteiger partial charge in [-0.15, -0.1) is 0 Å². The van der Waals surface area contributed by atoms with Crippen LogP contribution in [0.15, 0.2) is 52.4 Å². The molecule has 1 aliphatic rings. The topological polar surface area (TPSA) is 61.7 Å². The van der Waals surface area contributed by atoms with Crippen molar-refractivity contribution >= 4 is 34.6 Å². The fraction of sp³-hybridized carbons (Fsp3) is 0.111. The molecule has 3 rings (SSSR count). The predicted octanol–water partition coefficient (Wildman–Crippen LogP) is 3.90. The molecule has 0 unspecified atom stereocenters. The minimum absolute atomic E-state index is 0.161. The molecular formula is C18H16N2O2S. The molecule has 0 saturated carbocycles. The van der Waals surface area contributed by atoms with Crippen molar-refractivity contribution in [3.05, 3.63) is 64.1 Å². The van der Waals surface area contributed by atoms with Crippen molar-refractivity contribution in [2.24, 2.45) is 4.99 Å². The molecule has 2 aromatic carbocycles. The van der Waals surface area contributed by atoms with E-state index >= 15 is 0 Å². The summed E-state index contributed by atoms with van der Waals surface area (Å²) in [4.78, 5) is 17.2. The Labute approximate surface area is 139 Å². The summed E-state index contributed by atoms with van der Waals surface area (Å²) < 4.78 is 0. The van der Waals surface area contributed by atoms with Crippen LogP contribution in [-0.2, 0) is 4.79 Å². The van der Waals surface area contributed by atoms with E-state index in [4.69, 9.17) is 0 Å². The number of carbonyl (C=O) groups is 1. The maximum atomic E-state index is 12.1. The summed E-state index contributed by atoms with van der Waals surface area (Å²) in [5.41, 5.74) is 3.96. The van der Waals surface area contributed by atoms with Crippen molar-refractivity contribution in [2.75, 3.05) is 0 Å². The van der Waals surface area contributed by atoms with E-state index in [1.807, 2.05) is 26.0 Å². The Hall–Kier alpha value is -2.53. The molecule has 4 nitrogen and oxygen atoms in total. The number of aryl methyl sites for hydroxylation is 2. The number of phenolic OH excluding ortho intramolecular Hbond substituents is 1. The summed E-state index contributed by atoms with van der Waals surface area (Å²) in [5.74, 6) is 0.0411. The molecule has 0 spiro atoms. The molecule has 0 aromatic heterocycles. The average Bonchev–Trinajstić information content (AvgIpc) is 2.84. The van der Waals surface area contributed by atoms with Gasteiger partial charge in [-0.05, 0) is 61.0 Å². The SMILES string of the molecule is Cc1ccc(N=C2NC(=O)/C(=C\c3ccc(O)cc3)S2)c(C)c1. The minimum atomic E-state index is -0.161. The van der Waals surface area contributed by atoms with Gasteiger partial charge in [0.25, 0.3) is 5.91 Å².